The van der Waals surface area contributed by atoms with Gasteiger partial charge in [0.25, 0.3) is 5.91 Å². The van der Waals surface area contributed by atoms with Crippen LogP contribution in [0.4, 0.5) is 5.95 Å². The second kappa shape index (κ2) is 7.60. The van der Waals surface area contributed by atoms with Crippen molar-refractivity contribution in [3.8, 4) is 11.1 Å². The molecule has 2 heterocycles. The molecule has 3 aromatic rings. The molecule has 0 spiro atoms. The molecule has 1 aromatic carbocycles. The van der Waals surface area contributed by atoms with Crippen LogP contribution in [0.5, 0.6) is 0 Å². The van der Waals surface area contributed by atoms with Gasteiger partial charge in [-0.3, -0.25) is 10.2 Å². The minimum absolute atomic E-state index is 0.199. The van der Waals surface area contributed by atoms with Crippen molar-refractivity contribution >= 4 is 29.3 Å². The van der Waals surface area contributed by atoms with Crippen LogP contribution in [0.1, 0.15) is 35.2 Å². The molecule has 4 rings (SSSR count). The van der Waals surface area contributed by atoms with Gasteiger partial charge in [-0.2, -0.15) is 0 Å². The summed E-state index contributed by atoms with van der Waals surface area (Å²) < 4.78 is 0. The van der Waals surface area contributed by atoms with Gasteiger partial charge in [-0.05, 0) is 36.1 Å². The molecule has 0 unspecified atom stereocenters. The Hall–Kier alpha value is -3.32. The van der Waals surface area contributed by atoms with Crippen LogP contribution in [0.15, 0.2) is 55.0 Å². The first kappa shape index (κ1) is 19.0. The molecule has 2 aromatic heterocycles. The summed E-state index contributed by atoms with van der Waals surface area (Å²) in [5, 5.41) is 11.6. The highest BCUT2D eigenvalue weighted by Crippen LogP contribution is 2.44. The first-order valence-corrected chi connectivity index (χ1v) is 9.56. The fourth-order valence-electron chi connectivity index (χ4n) is 3.53. The lowest BCUT2D eigenvalue weighted by atomic mass is 9.63. The zero-order valence-electron chi connectivity index (χ0n) is 15.5. The van der Waals surface area contributed by atoms with Crippen LogP contribution in [0.3, 0.4) is 0 Å². The number of nitrogens with two attached hydrogens (primary N) is 1. The molecule has 4 N–H and O–H groups in total. The number of carbonyl (C=O) groups is 1. The van der Waals surface area contributed by atoms with Crippen LogP contribution in [0, 0.1) is 5.41 Å². The van der Waals surface area contributed by atoms with E-state index in [9.17, 15) is 4.79 Å². The number of benzene rings is 1. The molecule has 1 fully saturated rings. The Balaban J connectivity index is 1.54. The molecule has 0 saturated heterocycles. The molecule has 7 nitrogen and oxygen atoms in total. The van der Waals surface area contributed by atoms with Crippen molar-refractivity contribution in [1.29, 1.82) is 5.41 Å². The summed E-state index contributed by atoms with van der Waals surface area (Å²) in [6.07, 6.45) is 7.46. The molecular formula is C21H19ClN6O. The van der Waals surface area contributed by atoms with Crippen LogP contribution in [0.2, 0.25) is 5.15 Å². The standard InChI is InChI=1S/C21H19ClN6O/c22-17-10-14(6-9-25-17)18(29)28-19(23)21(7-1-8-21)16-4-2-13(3-5-16)15-11-26-20(24)27-12-15/h2-6,9-12H,1,7-8H2,(H2,23,28,29)(H2,24,26,27). The predicted octanol–water partition coefficient (Wildman–Crippen LogP) is 3.60. The number of amidine groups is 1. The van der Waals surface area contributed by atoms with Crippen molar-refractivity contribution in [2.45, 2.75) is 24.7 Å². The third kappa shape index (κ3) is 3.69. The van der Waals surface area contributed by atoms with E-state index in [1.165, 1.54) is 12.3 Å². The van der Waals surface area contributed by atoms with Gasteiger partial charge in [0.2, 0.25) is 5.95 Å². The quantitative estimate of drug-likeness (QED) is 0.347. The number of carbonyl (C=O) groups excluding carboxylic acids is 1. The lowest BCUT2D eigenvalue weighted by molar-refractivity contribution is 0.0972. The second-order valence-corrected chi connectivity index (χ2v) is 7.43. The number of hydrogen-bond donors (Lipinski definition) is 3. The highest BCUT2D eigenvalue weighted by Gasteiger charge is 2.43. The first-order chi connectivity index (χ1) is 14.0. The van der Waals surface area contributed by atoms with E-state index in [0.717, 1.165) is 36.0 Å². The van der Waals surface area contributed by atoms with Crippen molar-refractivity contribution in [3.63, 3.8) is 0 Å². The number of hydrogen-bond acceptors (Lipinski definition) is 6. The summed E-state index contributed by atoms with van der Waals surface area (Å²) in [6.45, 7) is 0. The van der Waals surface area contributed by atoms with Crippen LogP contribution in [0.25, 0.3) is 11.1 Å². The van der Waals surface area contributed by atoms with Gasteiger partial charge in [0, 0.05) is 29.7 Å². The smallest absolute Gasteiger partial charge is 0.256 e. The predicted molar refractivity (Wildman–Crippen MR) is 112 cm³/mol. The molecular weight excluding hydrogens is 388 g/mol. The Labute approximate surface area is 172 Å². The minimum atomic E-state index is -0.484. The van der Waals surface area contributed by atoms with Crippen LogP contribution in [-0.2, 0) is 5.41 Å². The molecule has 1 saturated carbocycles. The molecule has 146 valence electrons. The van der Waals surface area contributed by atoms with Gasteiger partial charge in [0.05, 0.1) is 5.41 Å². The summed E-state index contributed by atoms with van der Waals surface area (Å²) in [6, 6.07) is 11.0. The molecule has 8 heteroatoms. The summed E-state index contributed by atoms with van der Waals surface area (Å²) in [5.74, 6) is 0.0740. The number of nitrogen functional groups attached to an aromatic ring is 1. The van der Waals surface area contributed by atoms with E-state index in [1.54, 1.807) is 18.5 Å². The number of amides is 1. The molecule has 29 heavy (non-hydrogen) atoms. The van der Waals surface area contributed by atoms with Crippen molar-refractivity contribution in [2.24, 2.45) is 0 Å². The van der Waals surface area contributed by atoms with E-state index < -0.39 is 5.41 Å². The Kier molecular flexibility index (Phi) is 4.98. The maximum Gasteiger partial charge on any atom is 0.256 e. The van der Waals surface area contributed by atoms with Crippen molar-refractivity contribution < 1.29 is 4.79 Å². The maximum absolute atomic E-state index is 12.5. The number of rotatable bonds is 4. The molecule has 1 aliphatic rings. The van der Waals surface area contributed by atoms with Gasteiger partial charge in [0.1, 0.15) is 11.0 Å². The molecule has 0 atom stereocenters. The van der Waals surface area contributed by atoms with Crippen molar-refractivity contribution in [3.05, 3.63) is 71.3 Å². The van der Waals surface area contributed by atoms with Crippen LogP contribution < -0.4 is 11.1 Å². The lowest BCUT2D eigenvalue weighted by Crippen LogP contribution is -2.50. The summed E-state index contributed by atoms with van der Waals surface area (Å²) in [4.78, 5) is 24.5. The van der Waals surface area contributed by atoms with Crippen molar-refractivity contribution in [2.75, 3.05) is 5.73 Å². The van der Waals surface area contributed by atoms with Gasteiger partial charge < -0.3 is 11.1 Å². The Morgan fingerprint density at radius 3 is 2.34 bits per heavy atom. The van der Waals surface area contributed by atoms with E-state index in [4.69, 9.17) is 22.7 Å². The lowest BCUT2D eigenvalue weighted by Gasteiger charge is -2.42. The Bertz CT molecular complexity index is 1060. The van der Waals surface area contributed by atoms with E-state index in [2.05, 4.69) is 20.3 Å². The van der Waals surface area contributed by atoms with Gasteiger partial charge in [-0.1, -0.05) is 42.3 Å². The summed E-state index contributed by atoms with van der Waals surface area (Å²) in [7, 11) is 0. The number of anilines is 1. The third-order valence-electron chi connectivity index (χ3n) is 5.36. The van der Waals surface area contributed by atoms with Gasteiger partial charge in [-0.25, -0.2) is 15.0 Å². The van der Waals surface area contributed by atoms with Crippen LogP contribution >= 0.6 is 11.6 Å². The van der Waals surface area contributed by atoms with E-state index in [-0.39, 0.29) is 22.8 Å². The third-order valence-corrected chi connectivity index (χ3v) is 5.56. The topological polar surface area (TPSA) is 118 Å². The summed E-state index contributed by atoms with van der Waals surface area (Å²) >= 11 is 5.86. The Morgan fingerprint density at radius 1 is 1.07 bits per heavy atom. The zero-order valence-corrected chi connectivity index (χ0v) is 16.3. The minimum Gasteiger partial charge on any atom is -0.368 e. The normalized spacial score (nSPS) is 14.7. The molecule has 1 aliphatic carbocycles. The highest BCUT2D eigenvalue weighted by molar-refractivity contribution is 6.29. The number of pyridine rings is 1. The number of nitrogens with zero attached hydrogens (tertiary/aromatic N) is 3. The molecule has 0 bridgehead atoms. The average Bonchev–Trinajstić information content (AvgIpc) is 2.68. The fourth-order valence-corrected chi connectivity index (χ4v) is 3.71. The molecule has 0 aliphatic heterocycles. The molecule has 1 amide bonds. The first-order valence-electron chi connectivity index (χ1n) is 9.18. The van der Waals surface area contributed by atoms with Gasteiger partial charge in [-0.15, -0.1) is 0 Å². The number of aromatic nitrogens is 3. The van der Waals surface area contributed by atoms with Crippen molar-refractivity contribution in [1.82, 2.24) is 20.3 Å². The maximum atomic E-state index is 12.5. The number of halogens is 1. The second-order valence-electron chi connectivity index (χ2n) is 7.04. The average molecular weight is 407 g/mol. The largest absolute Gasteiger partial charge is 0.368 e. The highest BCUT2D eigenvalue weighted by atomic mass is 35.5. The number of nitrogens with one attached hydrogen (secondary N) is 2. The van der Waals surface area contributed by atoms with E-state index in [1.807, 2.05) is 24.3 Å². The molecule has 0 radical (unpaired) electrons. The fraction of sp³-hybridized carbons (Fsp3) is 0.190. The SMILES string of the molecule is N=C(NC(=O)c1ccnc(Cl)c1)C1(c2ccc(-c3cnc(N)nc3)cc2)CCC1. The zero-order chi connectivity index (χ0) is 20.4. The van der Waals surface area contributed by atoms with E-state index in [0.29, 0.717) is 5.56 Å². The van der Waals surface area contributed by atoms with E-state index >= 15 is 0 Å². The monoisotopic (exact) mass is 406 g/mol. The Morgan fingerprint density at radius 2 is 1.76 bits per heavy atom. The van der Waals surface area contributed by atoms with Gasteiger partial charge >= 0.3 is 0 Å². The van der Waals surface area contributed by atoms with Crippen LogP contribution in [-0.4, -0.2) is 26.7 Å². The van der Waals surface area contributed by atoms with Gasteiger partial charge in [0.15, 0.2) is 0 Å². The summed E-state index contributed by atoms with van der Waals surface area (Å²) in [5.41, 5.74) is 8.27.